The average molecular weight is 581 g/mol. The Labute approximate surface area is 262 Å². The first kappa shape index (κ1) is 29.8. The van der Waals surface area contributed by atoms with Gasteiger partial charge in [0, 0.05) is 24.3 Å². The lowest BCUT2D eigenvalue weighted by molar-refractivity contribution is 0.566. The Balaban J connectivity index is 0.956. The van der Waals surface area contributed by atoms with Gasteiger partial charge in [0.25, 0.3) is 0 Å². The van der Waals surface area contributed by atoms with Crippen LogP contribution in [0.5, 0.6) is 0 Å². The Morgan fingerprint density at radius 1 is 0.409 bits per heavy atom. The number of hydrogen-bond acceptors (Lipinski definition) is 0. The molecule has 44 heavy (non-hydrogen) atoms. The number of benzene rings is 4. The first-order valence-electron chi connectivity index (χ1n) is 16.5. The number of aryl methyl sites for hydroxylation is 4. The van der Waals surface area contributed by atoms with Gasteiger partial charge in [-0.15, -0.1) is 0 Å². The first-order chi connectivity index (χ1) is 21.6. The summed E-state index contributed by atoms with van der Waals surface area (Å²) in [6.45, 7) is 4.25. The van der Waals surface area contributed by atoms with Crippen molar-refractivity contribution in [3.63, 3.8) is 0 Å². The fraction of sp³-hybridized carbons (Fsp3) is 0.286. The molecule has 0 atom stereocenters. The van der Waals surface area contributed by atoms with Crippen LogP contribution in [0.1, 0.15) is 73.6 Å². The van der Waals surface area contributed by atoms with Crippen LogP contribution in [0.3, 0.4) is 0 Å². The molecule has 0 unspecified atom stereocenters. The lowest BCUT2D eigenvalue weighted by Gasteiger charge is -2.05. The minimum absolute atomic E-state index is 0.961. The molecule has 0 amide bonds. The summed E-state index contributed by atoms with van der Waals surface area (Å²) < 4.78 is 12.6. The Hall–Kier alpha value is -4.30. The summed E-state index contributed by atoms with van der Waals surface area (Å²) in [6.07, 6.45) is 12.5. The zero-order valence-electron chi connectivity index (χ0n) is 26.3. The van der Waals surface area contributed by atoms with Gasteiger partial charge in [-0.3, -0.25) is 0 Å². The van der Waals surface area contributed by atoms with Crippen molar-refractivity contribution in [3.05, 3.63) is 131 Å². The van der Waals surface area contributed by atoms with Crippen LogP contribution >= 0.6 is 0 Å². The van der Waals surface area contributed by atoms with Crippen LogP contribution in [-0.4, -0.2) is 0 Å². The van der Waals surface area contributed by atoms with Crippen molar-refractivity contribution in [2.24, 2.45) is 0 Å². The van der Waals surface area contributed by atoms with E-state index in [2.05, 4.69) is 123 Å². The molecule has 222 valence electrons. The highest BCUT2D eigenvalue weighted by molar-refractivity contribution is 5.83. The highest BCUT2D eigenvalue weighted by atomic mass is 16.3. The van der Waals surface area contributed by atoms with Crippen molar-refractivity contribution in [1.82, 2.24) is 0 Å². The number of hydrogen-bond donors (Lipinski definition) is 0. The van der Waals surface area contributed by atoms with Crippen molar-refractivity contribution < 1.29 is 8.83 Å². The van der Waals surface area contributed by atoms with Crippen LogP contribution < -0.4 is 0 Å². The molecule has 2 nitrogen and oxygen atoms in total. The molecule has 0 bridgehead atoms. The third kappa shape index (κ3) is 7.42. The SMILES string of the molecule is Cc1ccc(-c2cc(CCCCCCCCCCc3cc(-c4ccc(C)cc4)[o+]c4ccccc34)c3ccccc3[o+]2)cc1. The third-order valence-corrected chi connectivity index (χ3v) is 8.83. The second-order valence-electron chi connectivity index (χ2n) is 12.3. The van der Waals surface area contributed by atoms with Crippen molar-refractivity contribution in [1.29, 1.82) is 0 Å². The fourth-order valence-electron chi connectivity index (χ4n) is 6.24. The molecule has 0 spiro atoms. The third-order valence-electron chi connectivity index (χ3n) is 8.83. The number of fused-ring (bicyclic) bond motifs is 2. The van der Waals surface area contributed by atoms with Gasteiger partial charge in [-0.1, -0.05) is 98.2 Å². The predicted octanol–water partition coefficient (Wildman–Crippen LogP) is 12.6. The van der Waals surface area contributed by atoms with E-state index in [1.165, 1.54) is 84.4 Å². The van der Waals surface area contributed by atoms with Crippen LogP contribution in [0.25, 0.3) is 44.6 Å². The summed E-state index contributed by atoms with van der Waals surface area (Å²) in [5.41, 5.74) is 9.57. The van der Waals surface area contributed by atoms with Gasteiger partial charge in [0.1, 0.15) is 0 Å². The smallest absolute Gasteiger partial charge is 0.207 e. The van der Waals surface area contributed by atoms with Crippen molar-refractivity contribution in [3.8, 4) is 22.6 Å². The van der Waals surface area contributed by atoms with Crippen molar-refractivity contribution in [2.45, 2.75) is 78.1 Å². The number of rotatable bonds is 13. The van der Waals surface area contributed by atoms with Crippen molar-refractivity contribution >= 4 is 21.9 Å². The maximum absolute atomic E-state index is 6.29. The molecule has 0 saturated heterocycles. The lowest BCUT2D eigenvalue weighted by Crippen LogP contribution is -1.92. The van der Waals surface area contributed by atoms with E-state index in [4.69, 9.17) is 8.83 Å². The Kier molecular flexibility index (Phi) is 9.77. The maximum Gasteiger partial charge on any atom is 0.361 e. The van der Waals surface area contributed by atoms with Gasteiger partial charge in [0.15, 0.2) is 0 Å². The molecule has 0 saturated carbocycles. The number of unbranched alkanes of at least 4 members (excludes halogenated alkanes) is 7. The van der Waals surface area contributed by atoms with E-state index < -0.39 is 0 Å². The summed E-state index contributed by atoms with van der Waals surface area (Å²) in [5.74, 6) is 1.92. The molecule has 2 heteroatoms. The standard InChI is InChI=1S/C42H44O2/c1-31-21-25-33(26-22-31)41-29-35(37-17-11-13-19-39(37)43-41)15-9-7-5-3-4-6-8-10-16-36-30-42(34-27-23-32(2)24-28-34)44-40-20-14-12-18-38(36)40/h11-14,17-30H,3-10,15-16H2,1-2H3/q+2. The Morgan fingerprint density at radius 2 is 0.773 bits per heavy atom. The van der Waals surface area contributed by atoms with E-state index in [9.17, 15) is 0 Å². The largest absolute Gasteiger partial charge is 0.361 e. The summed E-state index contributed by atoms with van der Waals surface area (Å²) in [6, 6.07) is 38.7. The van der Waals surface area contributed by atoms with Crippen LogP contribution in [0.4, 0.5) is 0 Å². The van der Waals surface area contributed by atoms with Gasteiger partial charge >= 0.3 is 22.7 Å². The molecule has 0 fully saturated rings. The molecule has 0 aliphatic rings. The van der Waals surface area contributed by atoms with Crippen molar-refractivity contribution in [2.75, 3.05) is 0 Å². The van der Waals surface area contributed by atoms with E-state index in [0.717, 1.165) is 46.7 Å². The van der Waals surface area contributed by atoms with Gasteiger partial charge in [0.05, 0.1) is 21.9 Å². The summed E-state index contributed by atoms with van der Waals surface area (Å²) >= 11 is 0. The quantitative estimate of drug-likeness (QED) is 0.100. The minimum atomic E-state index is 0.961. The molecule has 2 aromatic heterocycles. The molecule has 4 aromatic carbocycles. The van der Waals surface area contributed by atoms with Gasteiger partial charge in [-0.05, 0) is 87.1 Å². The fourth-order valence-corrected chi connectivity index (χ4v) is 6.24. The predicted molar refractivity (Wildman–Crippen MR) is 186 cm³/mol. The van der Waals surface area contributed by atoms with E-state index in [1.54, 1.807) is 0 Å². The second kappa shape index (κ2) is 14.4. The molecule has 0 radical (unpaired) electrons. The van der Waals surface area contributed by atoms with Gasteiger partial charge < -0.3 is 0 Å². The number of para-hydroxylation sites is 2. The molecule has 0 aliphatic heterocycles. The molecular weight excluding hydrogens is 536 g/mol. The van der Waals surface area contributed by atoms with Crippen LogP contribution in [0.2, 0.25) is 0 Å². The summed E-state index contributed by atoms with van der Waals surface area (Å²) in [4.78, 5) is 0. The second-order valence-corrected chi connectivity index (χ2v) is 12.3. The Morgan fingerprint density at radius 3 is 1.18 bits per heavy atom. The highest BCUT2D eigenvalue weighted by Gasteiger charge is 2.19. The van der Waals surface area contributed by atoms with E-state index in [0.29, 0.717) is 0 Å². The van der Waals surface area contributed by atoms with E-state index in [1.807, 2.05) is 0 Å². The monoisotopic (exact) mass is 580 g/mol. The molecule has 6 rings (SSSR count). The normalized spacial score (nSPS) is 11.4. The average Bonchev–Trinajstić information content (AvgIpc) is 3.06. The zero-order valence-corrected chi connectivity index (χ0v) is 26.3. The van der Waals surface area contributed by atoms with E-state index >= 15 is 0 Å². The minimum Gasteiger partial charge on any atom is -0.207 e. The van der Waals surface area contributed by atoms with E-state index in [-0.39, 0.29) is 0 Å². The summed E-state index contributed by atoms with van der Waals surface area (Å²) in [5, 5.41) is 2.49. The Bertz CT molecular complexity index is 1680. The highest BCUT2D eigenvalue weighted by Crippen LogP contribution is 2.31. The molecule has 2 heterocycles. The molecule has 6 aromatic rings. The first-order valence-corrected chi connectivity index (χ1v) is 16.5. The van der Waals surface area contributed by atoms with Crippen LogP contribution in [0, 0.1) is 13.8 Å². The van der Waals surface area contributed by atoms with Gasteiger partial charge in [-0.25, -0.2) is 8.83 Å². The van der Waals surface area contributed by atoms with Crippen LogP contribution in [0.15, 0.2) is 118 Å². The topological polar surface area (TPSA) is 22.6 Å². The van der Waals surface area contributed by atoms with Gasteiger partial charge in [-0.2, -0.15) is 0 Å². The maximum atomic E-state index is 6.29. The molecule has 0 aliphatic carbocycles. The molecular formula is C42H44O2+2. The summed E-state index contributed by atoms with van der Waals surface area (Å²) in [7, 11) is 0. The zero-order chi connectivity index (χ0) is 30.1. The lowest BCUT2D eigenvalue weighted by atomic mass is 9.99. The van der Waals surface area contributed by atoms with Crippen LogP contribution in [-0.2, 0) is 12.8 Å². The molecule has 0 N–H and O–H groups in total. The van der Waals surface area contributed by atoms with Gasteiger partial charge in [0.2, 0.25) is 0 Å².